The minimum absolute atomic E-state index is 0.0128. The van der Waals surface area contributed by atoms with Gasteiger partial charge in [-0.15, -0.1) is 0 Å². The molecule has 0 aromatic heterocycles. The predicted octanol–water partition coefficient (Wildman–Crippen LogP) is 2.23. The van der Waals surface area contributed by atoms with Crippen LogP contribution in [0.5, 0.6) is 5.75 Å². The summed E-state index contributed by atoms with van der Waals surface area (Å²) < 4.78 is 32.0. The third-order valence-electron chi connectivity index (χ3n) is 4.45. The van der Waals surface area contributed by atoms with Gasteiger partial charge in [-0.2, -0.15) is 4.31 Å². The summed E-state index contributed by atoms with van der Waals surface area (Å²) in [6, 6.07) is 11.0. The number of amides is 1. The lowest BCUT2D eigenvalue weighted by molar-refractivity contribution is 0.0730. The van der Waals surface area contributed by atoms with Crippen LogP contribution in [0.15, 0.2) is 47.4 Å². The van der Waals surface area contributed by atoms with Gasteiger partial charge in [0.25, 0.3) is 5.91 Å². The van der Waals surface area contributed by atoms with Crippen LogP contribution in [0, 0.1) is 0 Å². The van der Waals surface area contributed by atoms with Crippen LogP contribution in [-0.4, -0.2) is 50.0 Å². The molecule has 3 rings (SSSR count). The lowest BCUT2D eigenvalue weighted by Gasteiger charge is -2.26. The first-order valence-electron chi connectivity index (χ1n) is 8.73. The van der Waals surface area contributed by atoms with Crippen molar-refractivity contribution < 1.29 is 23.1 Å². The number of hydrogen-bond acceptors (Lipinski definition) is 5. The summed E-state index contributed by atoms with van der Waals surface area (Å²) in [4.78, 5) is 12.4. The van der Waals surface area contributed by atoms with E-state index in [-0.39, 0.29) is 29.4 Å². The molecule has 0 radical (unpaired) electrons. The smallest absolute Gasteiger partial charge is 0.255 e. The number of aromatic hydroxyl groups is 1. The number of rotatable bonds is 5. The standard InChI is InChI=1S/C19H22N2O5S/c1-2-14-3-5-15(6-4-14)19(23)20-17-13-16(7-8-18(17)22)27(24,25)21-9-11-26-12-10-21/h3-8,13,22H,2,9-12H2,1H3,(H,20,23). The van der Waals surface area contributed by atoms with Gasteiger partial charge in [-0.3, -0.25) is 4.79 Å². The molecule has 1 fully saturated rings. The Labute approximate surface area is 158 Å². The summed E-state index contributed by atoms with van der Waals surface area (Å²) in [5.41, 5.74) is 1.58. The third-order valence-corrected chi connectivity index (χ3v) is 6.34. The van der Waals surface area contributed by atoms with E-state index in [1.165, 1.54) is 22.5 Å². The molecule has 8 heteroatoms. The summed E-state index contributed by atoms with van der Waals surface area (Å²) in [5, 5.41) is 12.6. The number of benzene rings is 2. The number of anilines is 1. The third kappa shape index (κ3) is 4.29. The Balaban J connectivity index is 1.83. The van der Waals surface area contributed by atoms with Gasteiger partial charge in [-0.1, -0.05) is 19.1 Å². The molecule has 1 heterocycles. The molecule has 27 heavy (non-hydrogen) atoms. The van der Waals surface area contributed by atoms with Crippen LogP contribution >= 0.6 is 0 Å². The van der Waals surface area contributed by atoms with Crippen LogP contribution in [0.2, 0.25) is 0 Å². The molecule has 0 spiro atoms. The van der Waals surface area contributed by atoms with E-state index in [1.54, 1.807) is 12.1 Å². The zero-order chi connectivity index (χ0) is 19.4. The van der Waals surface area contributed by atoms with Crippen LogP contribution < -0.4 is 5.32 Å². The molecule has 1 amide bonds. The molecular weight excluding hydrogens is 368 g/mol. The fraction of sp³-hybridized carbons (Fsp3) is 0.316. The second kappa shape index (κ2) is 8.08. The summed E-state index contributed by atoms with van der Waals surface area (Å²) in [5.74, 6) is -0.622. The number of ether oxygens (including phenoxy) is 1. The van der Waals surface area contributed by atoms with Crippen molar-refractivity contribution in [2.75, 3.05) is 31.6 Å². The fourth-order valence-corrected chi connectivity index (χ4v) is 4.23. The molecule has 2 N–H and O–H groups in total. The van der Waals surface area contributed by atoms with Gasteiger partial charge in [0.05, 0.1) is 23.8 Å². The van der Waals surface area contributed by atoms with E-state index >= 15 is 0 Å². The highest BCUT2D eigenvalue weighted by Crippen LogP contribution is 2.28. The number of hydrogen-bond donors (Lipinski definition) is 2. The average molecular weight is 390 g/mol. The SMILES string of the molecule is CCc1ccc(C(=O)Nc2cc(S(=O)(=O)N3CCOCC3)ccc2O)cc1. The first kappa shape index (κ1) is 19.3. The van der Waals surface area contributed by atoms with E-state index in [2.05, 4.69) is 5.32 Å². The lowest BCUT2D eigenvalue weighted by atomic mass is 10.1. The monoisotopic (exact) mass is 390 g/mol. The summed E-state index contributed by atoms with van der Waals surface area (Å²) >= 11 is 0. The van der Waals surface area contributed by atoms with Crippen LogP contribution in [0.4, 0.5) is 5.69 Å². The number of nitrogens with zero attached hydrogens (tertiary/aromatic N) is 1. The largest absolute Gasteiger partial charge is 0.506 e. The molecule has 2 aromatic rings. The second-order valence-electron chi connectivity index (χ2n) is 6.20. The Morgan fingerprint density at radius 1 is 1.15 bits per heavy atom. The average Bonchev–Trinajstić information content (AvgIpc) is 2.70. The maximum atomic E-state index is 12.8. The van der Waals surface area contributed by atoms with Gasteiger partial charge >= 0.3 is 0 Å². The van der Waals surface area contributed by atoms with E-state index in [0.29, 0.717) is 18.8 Å². The first-order valence-corrected chi connectivity index (χ1v) is 10.2. The number of phenols is 1. The van der Waals surface area contributed by atoms with Crippen LogP contribution in [0.3, 0.4) is 0 Å². The number of carbonyl (C=O) groups is 1. The van der Waals surface area contributed by atoms with Crippen molar-refractivity contribution in [1.29, 1.82) is 0 Å². The van der Waals surface area contributed by atoms with Crippen molar-refractivity contribution in [2.24, 2.45) is 0 Å². The lowest BCUT2D eigenvalue weighted by Crippen LogP contribution is -2.40. The Morgan fingerprint density at radius 2 is 1.81 bits per heavy atom. The van der Waals surface area contributed by atoms with Crippen molar-refractivity contribution >= 4 is 21.6 Å². The zero-order valence-electron chi connectivity index (χ0n) is 15.0. The van der Waals surface area contributed by atoms with Gasteiger partial charge < -0.3 is 15.2 Å². The zero-order valence-corrected chi connectivity index (χ0v) is 15.8. The Bertz CT molecular complexity index is 920. The molecule has 2 aromatic carbocycles. The molecule has 0 bridgehead atoms. The molecule has 0 unspecified atom stereocenters. The molecule has 0 aliphatic carbocycles. The van der Waals surface area contributed by atoms with E-state index in [4.69, 9.17) is 4.74 Å². The Hall–Kier alpha value is -2.42. The minimum Gasteiger partial charge on any atom is -0.506 e. The summed E-state index contributed by atoms with van der Waals surface area (Å²) in [6.07, 6.45) is 0.865. The number of sulfonamides is 1. The number of carbonyl (C=O) groups excluding carboxylic acids is 1. The molecule has 144 valence electrons. The molecule has 1 aliphatic heterocycles. The van der Waals surface area contributed by atoms with Crippen molar-refractivity contribution in [3.8, 4) is 5.75 Å². The normalized spacial score (nSPS) is 15.4. The van der Waals surface area contributed by atoms with Gasteiger partial charge in [0, 0.05) is 18.7 Å². The Kier molecular flexibility index (Phi) is 5.79. The topological polar surface area (TPSA) is 95.9 Å². The van der Waals surface area contributed by atoms with E-state index < -0.39 is 15.9 Å². The van der Waals surface area contributed by atoms with Crippen molar-refractivity contribution in [1.82, 2.24) is 4.31 Å². The number of morpholine rings is 1. The number of aryl methyl sites for hydroxylation is 1. The van der Waals surface area contributed by atoms with Gasteiger partial charge in [0.1, 0.15) is 5.75 Å². The van der Waals surface area contributed by atoms with Crippen LogP contribution in [0.1, 0.15) is 22.8 Å². The quantitative estimate of drug-likeness (QED) is 0.764. The highest BCUT2D eigenvalue weighted by atomic mass is 32.2. The fourth-order valence-electron chi connectivity index (χ4n) is 2.80. The molecule has 1 saturated heterocycles. The van der Waals surface area contributed by atoms with E-state index in [0.717, 1.165) is 12.0 Å². The van der Waals surface area contributed by atoms with E-state index in [1.807, 2.05) is 19.1 Å². The second-order valence-corrected chi connectivity index (χ2v) is 8.14. The number of nitrogens with one attached hydrogen (secondary N) is 1. The number of phenolic OH excluding ortho intramolecular Hbond substituents is 1. The highest BCUT2D eigenvalue weighted by Gasteiger charge is 2.27. The van der Waals surface area contributed by atoms with Crippen molar-refractivity contribution in [3.05, 3.63) is 53.6 Å². The molecule has 1 aliphatic rings. The van der Waals surface area contributed by atoms with Gasteiger partial charge in [-0.25, -0.2) is 8.42 Å². The first-order chi connectivity index (χ1) is 12.9. The maximum Gasteiger partial charge on any atom is 0.255 e. The maximum absolute atomic E-state index is 12.8. The van der Waals surface area contributed by atoms with Crippen LogP contribution in [0.25, 0.3) is 0 Å². The van der Waals surface area contributed by atoms with Crippen molar-refractivity contribution in [2.45, 2.75) is 18.2 Å². The molecule has 0 atom stereocenters. The van der Waals surface area contributed by atoms with E-state index in [9.17, 15) is 18.3 Å². The highest BCUT2D eigenvalue weighted by molar-refractivity contribution is 7.89. The van der Waals surface area contributed by atoms with Gasteiger partial charge in [0.15, 0.2) is 0 Å². The molecular formula is C19H22N2O5S. The van der Waals surface area contributed by atoms with Crippen molar-refractivity contribution in [3.63, 3.8) is 0 Å². The molecule has 0 saturated carbocycles. The van der Waals surface area contributed by atoms with Gasteiger partial charge in [0.2, 0.25) is 10.0 Å². The minimum atomic E-state index is -3.72. The van der Waals surface area contributed by atoms with Gasteiger partial charge in [-0.05, 0) is 42.3 Å². The van der Waals surface area contributed by atoms with Crippen LogP contribution in [-0.2, 0) is 21.2 Å². The predicted molar refractivity (Wildman–Crippen MR) is 101 cm³/mol. The Morgan fingerprint density at radius 3 is 2.44 bits per heavy atom. The molecule has 7 nitrogen and oxygen atoms in total. The summed E-state index contributed by atoms with van der Waals surface area (Å²) in [7, 11) is -3.72. The summed E-state index contributed by atoms with van der Waals surface area (Å²) in [6.45, 7) is 3.25.